The second-order valence-corrected chi connectivity index (χ2v) is 4.06. The van der Waals surface area contributed by atoms with E-state index in [2.05, 4.69) is 24.3 Å². The summed E-state index contributed by atoms with van der Waals surface area (Å²) in [6.45, 7) is 0. The smallest absolute Gasteiger partial charge is 0.0233 e. The van der Waals surface area contributed by atoms with Crippen molar-refractivity contribution in [3.8, 4) is 11.1 Å². The number of hydrogen-bond donors (Lipinski definition) is 0. The van der Waals surface area contributed by atoms with E-state index in [1.54, 1.807) is 0 Å². The van der Waals surface area contributed by atoms with E-state index >= 15 is 0 Å². The number of hydrogen-bond acceptors (Lipinski definition) is 1. The van der Waals surface area contributed by atoms with Gasteiger partial charge in [0, 0.05) is 4.90 Å². The molecule has 0 heterocycles. The largest absolute Gasteiger partial charge is 0.0622 e. The number of rotatable bonds is 2. The minimum atomic E-state index is 1.08. The van der Waals surface area contributed by atoms with Gasteiger partial charge in [0.2, 0.25) is 0 Å². The van der Waals surface area contributed by atoms with Gasteiger partial charge >= 0.3 is 0 Å². The van der Waals surface area contributed by atoms with Crippen LogP contribution in [0.15, 0.2) is 59.5 Å². The zero-order chi connectivity index (χ0) is 9.80. The van der Waals surface area contributed by atoms with Crippen molar-refractivity contribution in [3.63, 3.8) is 0 Å². The summed E-state index contributed by atoms with van der Waals surface area (Å²) in [7, 11) is 6.89. The molecular weight excluding hydrogens is 212 g/mol. The molecule has 0 radical (unpaired) electrons. The lowest BCUT2D eigenvalue weighted by atomic mass is 10.1. The topological polar surface area (TPSA) is 0 Å². The van der Waals surface area contributed by atoms with Crippen LogP contribution >= 0.6 is 21.7 Å². The highest BCUT2D eigenvalue weighted by Crippen LogP contribution is 2.25. The molecule has 2 aromatic rings. The fraction of sp³-hybridized carbons (Fsp3) is 0. The first-order valence-corrected chi connectivity index (χ1v) is 5.98. The Balaban J connectivity index is 2.34. The van der Waals surface area contributed by atoms with Gasteiger partial charge in [0.25, 0.3) is 0 Å². The van der Waals surface area contributed by atoms with Gasteiger partial charge in [0.15, 0.2) is 0 Å². The van der Waals surface area contributed by atoms with Gasteiger partial charge in [-0.3, -0.25) is 0 Å². The molecule has 0 nitrogen and oxygen atoms in total. The monoisotopic (exact) mass is 220 g/mol. The summed E-state index contributed by atoms with van der Waals surface area (Å²) >= 11 is 0. The summed E-state index contributed by atoms with van der Waals surface area (Å²) in [5.41, 5.74) is 2.46. The highest BCUT2D eigenvalue weighted by molar-refractivity contribution is 8.21. The van der Waals surface area contributed by atoms with Crippen LogP contribution in [0, 0.1) is 0 Å². The van der Waals surface area contributed by atoms with E-state index in [0.29, 0.717) is 0 Å². The molecule has 2 heteroatoms. The molecule has 0 aliphatic carbocycles. The van der Waals surface area contributed by atoms with E-state index in [0.717, 1.165) is 4.90 Å². The predicted molar refractivity (Wildman–Crippen MR) is 63.6 cm³/mol. The third kappa shape index (κ3) is 2.11. The van der Waals surface area contributed by atoms with Crippen molar-refractivity contribution < 1.29 is 0 Å². The highest BCUT2D eigenvalue weighted by Gasteiger charge is 1.96. The summed E-state index contributed by atoms with van der Waals surface area (Å²) < 4.78 is 0. The van der Waals surface area contributed by atoms with Crippen molar-refractivity contribution in [1.29, 1.82) is 0 Å². The number of halogens is 1. The molecule has 0 amide bonds. The second-order valence-electron chi connectivity index (χ2n) is 2.97. The summed E-state index contributed by atoms with van der Waals surface area (Å²) in [6, 6.07) is 18.5. The number of benzene rings is 2. The quantitative estimate of drug-likeness (QED) is 0.713. The van der Waals surface area contributed by atoms with Crippen LogP contribution in [0.4, 0.5) is 0 Å². The molecule has 0 aromatic heterocycles. The standard InChI is InChI=1S/C12H9ClS/c13-14-12-8-6-11(7-9-12)10-4-2-1-3-5-10/h1-9H. The van der Waals surface area contributed by atoms with Crippen LogP contribution in [0.1, 0.15) is 0 Å². The van der Waals surface area contributed by atoms with Crippen molar-refractivity contribution in [3.05, 3.63) is 54.6 Å². The molecule has 0 fully saturated rings. The second kappa shape index (κ2) is 4.54. The third-order valence-electron chi connectivity index (χ3n) is 2.05. The molecule has 2 rings (SSSR count). The van der Waals surface area contributed by atoms with Gasteiger partial charge in [-0.2, -0.15) is 0 Å². The van der Waals surface area contributed by atoms with E-state index in [1.807, 2.05) is 30.3 Å². The maximum Gasteiger partial charge on any atom is 0.0233 e. The Labute approximate surface area is 92.4 Å². The molecule has 14 heavy (non-hydrogen) atoms. The van der Waals surface area contributed by atoms with Crippen LogP contribution in [0.5, 0.6) is 0 Å². The molecule has 0 saturated heterocycles. The molecule has 0 spiro atoms. The predicted octanol–water partition coefficient (Wildman–Crippen LogP) is 4.60. The average Bonchev–Trinajstić information content (AvgIpc) is 2.30. The summed E-state index contributed by atoms with van der Waals surface area (Å²) in [4.78, 5) is 1.08. The van der Waals surface area contributed by atoms with Gasteiger partial charge in [0.05, 0.1) is 0 Å². The lowest BCUT2D eigenvalue weighted by Crippen LogP contribution is -1.75. The fourth-order valence-corrected chi connectivity index (χ4v) is 1.88. The van der Waals surface area contributed by atoms with Gasteiger partial charge in [0.1, 0.15) is 0 Å². The summed E-state index contributed by atoms with van der Waals surface area (Å²) in [6.07, 6.45) is 0. The van der Waals surface area contributed by atoms with Crippen LogP contribution in [0.25, 0.3) is 11.1 Å². The van der Waals surface area contributed by atoms with Gasteiger partial charge in [-0.1, -0.05) is 42.5 Å². The molecule has 0 unspecified atom stereocenters. The molecule has 2 aromatic carbocycles. The Morgan fingerprint density at radius 3 is 1.86 bits per heavy atom. The Kier molecular flexibility index (Phi) is 3.12. The Morgan fingerprint density at radius 1 is 0.714 bits per heavy atom. The normalized spacial score (nSPS) is 10.1. The minimum absolute atomic E-state index is 1.08. The van der Waals surface area contributed by atoms with Crippen LogP contribution in [-0.2, 0) is 0 Å². The highest BCUT2D eigenvalue weighted by atomic mass is 35.7. The van der Waals surface area contributed by atoms with Crippen molar-refractivity contribution >= 4 is 21.7 Å². The van der Waals surface area contributed by atoms with Gasteiger partial charge in [-0.05, 0) is 44.9 Å². The zero-order valence-electron chi connectivity index (χ0n) is 7.48. The molecule has 0 bridgehead atoms. The summed E-state index contributed by atoms with van der Waals surface area (Å²) in [5.74, 6) is 0. The Hall–Kier alpha value is -0.920. The summed E-state index contributed by atoms with van der Waals surface area (Å²) in [5, 5.41) is 0. The Bertz CT molecular complexity index is 394. The van der Waals surface area contributed by atoms with Crippen LogP contribution < -0.4 is 0 Å². The first kappa shape index (κ1) is 9.63. The molecule has 0 aliphatic heterocycles. The van der Waals surface area contributed by atoms with Crippen molar-refractivity contribution in [2.24, 2.45) is 0 Å². The molecule has 70 valence electrons. The van der Waals surface area contributed by atoms with Crippen molar-refractivity contribution in [2.75, 3.05) is 0 Å². The van der Waals surface area contributed by atoms with Crippen LogP contribution in [0.2, 0.25) is 0 Å². The molecule has 0 atom stereocenters. The molecule has 0 aliphatic rings. The van der Waals surface area contributed by atoms with E-state index in [1.165, 1.54) is 22.1 Å². The molecular formula is C12H9ClS. The van der Waals surface area contributed by atoms with Crippen molar-refractivity contribution in [1.82, 2.24) is 0 Å². The average molecular weight is 221 g/mol. The molecule has 0 saturated carbocycles. The Morgan fingerprint density at radius 2 is 1.29 bits per heavy atom. The van der Waals surface area contributed by atoms with Crippen LogP contribution in [0.3, 0.4) is 0 Å². The lowest BCUT2D eigenvalue weighted by molar-refractivity contribution is 1.47. The van der Waals surface area contributed by atoms with Gasteiger partial charge < -0.3 is 0 Å². The molecule has 0 N–H and O–H groups in total. The van der Waals surface area contributed by atoms with Gasteiger partial charge in [-0.25, -0.2) is 0 Å². The maximum atomic E-state index is 5.64. The van der Waals surface area contributed by atoms with E-state index in [4.69, 9.17) is 10.7 Å². The van der Waals surface area contributed by atoms with Crippen LogP contribution in [-0.4, -0.2) is 0 Å². The van der Waals surface area contributed by atoms with Gasteiger partial charge in [-0.15, -0.1) is 0 Å². The van der Waals surface area contributed by atoms with Crippen molar-refractivity contribution in [2.45, 2.75) is 4.90 Å². The first-order chi connectivity index (χ1) is 6.90. The lowest BCUT2D eigenvalue weighted by Gasteiger charge is -2.01. The fourth-order valence-electron chi connectivity index (χ4n) is 1.33. The first-order valence-electron chi connectivity index (χ1n) is 4.34. The SMILES string of the molecule is ClSc1ccc(-c2ccccc2)cc1. The third-order valence-corrected chi connectivity index (χ3v) is 3.04. The minimum Gasteiger partial charge on any atom is -0.0622 e. The zero-order valence-corrected chi connectivity index (χ0v) is 9.05. The van der Waals surface area contributed by atoms with E-state index in [-0.39, 0.29) is 0 Å². The van der Waals surface area contributed by atoms with E-state index in [9.17, 15) is 0 Å². The van der Waals surface area contributed by atoms with E-state index < -0.39 is 0 Å². The maximum absolute atomic E-state index is 5.64.